The number of carbonyl (C=O) groups excluding carboxylic acids is 2. The van der Waals surface area contributed by atoms with Gasteiger partial charge in [0.15, 0.2) is 5.78 Å². The molecule has 1 aliphatic carbocycles. The molecule has 0 saturated carbocycles. The average molecular weight is 284 g/mol. The molecule has 2 saturated heterocycles. The van der Waals surface area contributed by atoms with E-state index in [-0.39, 0.29) is 28.9 Å². The Hall–Kier alpha value is -1.68. The summed E-state index contributed by atoms with van der Waals surface area (Å²) in [5.74, 6) is 0.410. The Balaban J connectivity index is 1.86. The predicted octanol–water partition coefficient (Wildman–Crippen LogP) is 1.47. The molecule has 2 N–H and O–H groups in total. The molecule has 1 spiro atoms. The lowest BCUT2D eigenvalue weighted by atomic mass is 9.64. The molecular weight excluding hydrogens is 264 g/mol. The van der Waals surface area contributed by atoms with Crippen LogP contribution in [0.4, 0.5) is 0 Å². The SMILES string of the molecule is O=C1NCCC1C1c2ccccc2C(=O)C12CCNCC2. The zero-order valence-corrected chi connectivity index (χ0v) is 12.0. The molecule has 1 amide bonds. The minimum absolute atomic E-state index is 0.0456. The van der Waals surface area contributed by atoms with E-state index in [1.54, 1.807) is 0 Å². The van der Waals surface area contributed by atoms with Gasteiger partial charge in [-0.2, -0.15) is 0 Å². The van der Waals surface area contributed by atoms with E-state index in [9.17, 15) is 9.59 Å². The zero-order chi connectivity index (χ0) is 14.4. The van der Waals surface area contributed by atoms with Crippen LogP contribution in [0.3, 0.4) is 0 Å². The van der Waals surface area contributed by atoms with Crippen molar-refractivity contribution in [2.45, 2.75) is 25.2 Å². The van der Waals surface area contributed by atoms with Crippen molar-refractivity contribution in [3.63, 3.8) is 0 Å². The molecule has 2 heterocycles. The first-order valence-electron chi connectivity index (χ1n) is 7.86. The number of Topliss-reactive ketones (excluding diaryl/α,β-unsaturated/α-hetero) is 1. The van der Waals surface area contributed by atoms with Crippen LogP contribution in [0, 0.1) is 11.3 Å². The number of amides is 1. The van der Waals surface area contributed by atoms with Crippen LogP contribution in [-0.2, 0) is 4.79 Å². The lowest BCUT2D eigenvalue weighted by Crippen LogP contribution is -2.45. The highest BCUT2D eigenvalue weighted by molar-refractivity contribution is 6.07. The Morgan fingerprint density at radius 2 is 1.81 bits per heavy atom. The Kier molecular flexibility index (Phi) is 2.89. The Labute approximate surface area is 124 Å². The Bertz CT molecular complexity index is 605. The van der Waals surface area contributed by atoms with Gasteiger partial charge in [0.05, 0.1) is 0 Å². The molecule has 4 rings (SSSR count). The third kappa shape index (κ3) is 1.72. The van der Waals surface area contributed by atoms with Gasteiger partial charge in [-0.3, -0.25) is 9.59 Å². The maximum Gasteiger partial charge on any atom is 0.223 e. The molecule has 3 aliphatic rings. The van der Waals surface area contributed by atoms with Crippen LogP contribution in [0.25, 0.3) is 0 Å². The van der Waals surface area contributed by atoms with Crippen molar-refractivity contribution in [2.24, 2.45) is 11.3 Å². The largest absolute Gasteiger partial charge is 0.356 e. The second-order valence-electron chi connectivity index (χ2n) is 6.49. The fourth-order valence-electron chi connectivity index (χ4n) is 4.63. The van der Waals surface area contributed by atoms with Crippen molar-refractivity contribution < 1.29 is 9.59 Å². The smallest absolute Gasteiger partial charge is 0.223 e. The third-order valence-electron chi connectivity index (χ3n) is 5.58. The maximum absolute atomic E-state index is 13.1. The summed E-state index contributed by atoms with van der Waals surface area (Å²) in [6, 6.07) is 7.92. The fraction of sp³-hybridized carbons (Fsp3) is 0.529. The molecule has 4 nitrogen and oxygen atoms in total. The summed E-state index contributed by atoms with van der Waals surface area (Å²) in [6.07, 6.45) is 2.53. The van der Waals surface area contributed by atoms with Gasteiger partial charge in [0, 0.05) is 29.4 Å². The summed E-state index contributed by atoms with van der Waals surface area (Å²) in [5.41, 5.74) is 1.59. The van der Waals surface area contributed by atoms with Gasteiger partial charge >= 0.3 is 0 Å². The van der Waals surface area contributed by atoms with Crippen LogP contribution in [0.15, 0.2) is 24.3 Å². The summed E-state index contributed by atoms with van der Waals surface area (Å²) in [5, 5.41) is 6.30. The molecule has 2 aliphatic heterocycles. The highest BCUT2D eigenvalue weighted by Crippen LogP contribution is 2.56. The second kappa shape index (κ2) is 4.67. The van der Waals surface area contributed by atoms with Gasteiger partial charge < -0.3 is 10.6 Å². The molecule has 0 bridgehead atoms. The lowest BCUT2D eigenvalue weighted by Gasteiger charge is -2.40. The van der Waals surface area contributed by atoms with E-state index in [4.69, 9.17) is 0 Å². The fourth-order valence-corrected chi connectivity index (χ4v) is 4.63. The molecule has 0 aromatic heterocycles. The van der Waals surface area contributed by atoms with Crippen LogP contribution in [0.5, 0.6) is 0 Å². The normalized spacial score (nSPS) is 30.5. The van der Waals surface area contributed by atoms with Crippen molar-refractivity contribution in [1.29, 1.82) is 0 Å². The lowest BCUT2D eigenvalue weighted by molar-refractivity contribution is -0.123. The van der Waals surface area contributed by atoms with Crippen molar-refractivity contribution in [2.75, 3.05) is 19.6 Å². The van der Waals surface area contributed by atoms with E-state index in [1.165, 1.54) is 0 Å². The highest BCUT2D eigenvalue weighted by atomic mass is 16.2. The summed E-state index contributed by atoms with van der Waals surface area (Å²) in [4.78, 5) is 25.4. The molecule has 1 aromatic rings. The van der Waals surface area contributed by atoms with Crippen molar-refractivity contribution >= 4 is 11.7 Å². The van der Waals surface area contributed by atoms with Crippen LogP contribution in [-0.4, -0.2) is 31.3 Å². The highest BCUT2D eigenvalue weighted by Gasteiger charge is 2.57. The average Bonchev–Trinajstić information content (AvgIpc) is 3.02. The van der Waals surface area contributed by atoms with Crippen molar-refractivity contribution in [3.8, 4) is 0 Å². The number of hydrogen-bond donors (Lipinski definition) is 2. The maximum atomic E-state index is 13.1. The number of carbonyl (C=O) groups is 2. The molecule has 2 fully saturated rings. The van der Waals surface area contributed by atoms with Crippen LogP contribution in [0.2, 0.25) is 0 Å². The number of nitrogens with one attached hydrogen (secondary N) is 2. The third-order valence-corrected chi connectivity index (χ3v) is 5.58. The van der Waals surface area contributed by atoms with Gasteiger partial charge in [-0.15, -0.1) is 0 Å². The second-order valence-corrected chi connectivity index (χ2v) is 6.49. The minimum Gasteiger partial charge on any atom is -0.356 e. The Morgan fingerprint density at radius 3 is 2.52 bits per heavy atom. The van der Waals surface area contributed by atoms with E-state index >= 15 is 0 Å². The summed E-state index contributed by atoms with van der Waals surface area (Å²) >= 11 is 0. The van der Waals surface area contributed by atoms with Crippen LogP contribution < -0.4 is 10.6 Å². The number of fused-ring (bicyclic) bond motifs is 1. The molecule has 110 valence electrons. The van der Waals surface area contributed by atoms with E-state index in [1.807, 2.05) is 18.2 Å². The number of rotatable bonds is 1. The minimum atomic E-state index is -0.360. The molecular formula is C17H20N2O2. The van der Waals surface area contributed by atoms with Gasteiger partial charge in [0.1, 0.15) is 0 Å². The quantitative estimate of drug-likeness (QED) is 0.821. The van der Waals surface area contributed by atoms with Gasteiger partial charge in [-0.05, 0) is 37.9 Å². The molecule has 4 heteroatoms. The van der Waals surface area contributed by atoms with Crippen molar-refractivity contribution in [3.05, 3.63) is 35.4 Å². The zero-order valence-electron chi connectivity index (χ0n) is 12.0. The molecule has 2 atom stereocenters. The van der Waals surface area contributed by atoms with E-state index < -0.39 is 0 Å². The number of hydrogen-bond acceptors (Lipinski definition) is 3. The van der Waals surface area contributed by atoms with Crippen LogP contribution in [0.1, 0.15) is 41.1 Å². The van der Waals surface area contributed by atoms with Gasteiger partial charge in [0.2, 0.25) is 5.91 Å². The summed E-state index contributed by atoms with van der Waals surface area (Å²) < 4.78 is 0. The van der Waals surface area contributed by atoms with Gasteiger partial charge in [0.25, 0.3) is 0 Å². The standard InChI is InChI=1S/C17H20N2O2/c20-15-12-4-2-1-3-11(12)14(13-5-8-19-16(13)21)17(15)6-9-18-10-7-17/h1-4,13-14,18H,5-10H2,(H,19,21). The first-order valence-corrected chi connectivity index (χ1v) is 7.86. The van der Waals surface area contributed by atoms with E-state index in [2.05, 4.69) is 16.7 Å². The summed E-state index contributed by atoms with van der Waals surface area (Å²) in [7, 11) is 0. The molecule has 21 heavy (non-hydrogen) atoms. The molecule has 2 unspecified atom stereocenters. The van der Waals surface area contributed by atoms with E-state index in [0.717, 1.165) is 50.0 Å². The van der Waals surface area contributed by atoms with Crippen molar-refractivity contribution in [1.82, 2.24) is 10.6 Å². The molecule has 0 radical (unpaired) electrons. The Morgan fingerprint density at radius 1 is 1.05 bits per heavy atom. The topological polar surface area (TPSA) is 58.2 Å². The van der Waals surface area contributed by atoms with Crippen LogP contribution >= 0.6 is 0 Å². The molecule has 1 aromatic carbocycles. The van der Waals surface area contributed by atoms with Gasteiger partial charge in [-0.25, -0.2) is 0 Å². The monoisotopic (exact) mass is 284 g/mol. The van der Waals surface area contributed by atoms with Gasteiger partial charge in [-0.1, -0.05) is 24.3 Å². The predicted molar refractivity (Wildman–Crippen MR) is 79.2 cm³/mol. The number of ketones is 1. The number of benzene rings is 1. The summed E-state index contributed by atoms with van der Waals surface area (Å²) in [6.45, 7) is 2.47. The van der Waals surface area contributed by atoms with E-state index in [0.29, 0.717) is 0 Å². The number of piperidine rings is 1. The first kappa shape index (κ1) is 13.0. The first-order chi connectivity index (χ1) is 10.2.